The third-order valence-corrected chi connectivity index (χ3v) is 4.13. The molecule has 2 aromatic rings. The van der Waals surface area contributed by atoms with Crippen LogP contribution in [-0.4, -0.2) is 37.6 Å². The standard InChI is InChI=1S/C13H16N2O2S/c16-13-17-11-9-10(1-2-12(11)18-13)3-6-15-7-4-14-5-8-15/h1-2,9,14H,3-8H2. The lowest BCUT2D eigenvalue weighted by Gasteiger charge is -2.27. The largest absolute Gasteiger partial charge is 0.414 e. The van der Waals surface area contributed by atoms with Crippen molar-refractivity contribution >= 4 is 21.6 Å². The molecule has 1 fully saturated rings. The van der Waals surface area contributed by atoms with Gasteiger partial charge >= 0.3 is 4.94 Å². The summed E-state index contributed by atoms with van der Waals surface area (Å²) >= 11 is 1.17. The zero-order valence-corrected chi connectivity index (χ0v) is 11.0. The number of nitrogens with zero attached hydrogens (tertiary/aromatic N) is 1. The number of rotatable bonds is 3. The lowest BCUT2D eigenvalue weighted by molar-refractivity contribution is 0.244. The minimum atomic E-state index is -0.218. The number of fused-ring (bicyclic) bond motifs is 1. The highest BCUT2D eigenvalue weighted by Gasteiger charge is 2.09. The molecule has 0 aliphatic carbocycles. The molecule has 1 aromatic heterocycles. The van der Waals surface area contributed by atoms with E-state index in [9.17, 15) is 4.79 Å². The zero-order chi connectivity index (χ0) is 12.4. The second-order valence-corrected chi connectivity index (χ2v) is 5.55. The first-order valence-electron chi connectivity index (χ1n) is 6.27. The van der Waals surface area contributed by atoms with Gasteiger partial charge in [0.25, 0.3) is 0 Å². The maximum absolute atomic E-state index is 11.1. The summed E-state index contributed by atoms with van der Waals surface area (Å²) in [6, 6.07) is 6.07. The summed E-state index contributed by atoms with van der Waals surface area (Å²) in [5, 5.41) is 3.35. The van der Waals surface area contributed by atoms with Crippen LogP contribution in [0.2, 0.25) is 0 Å². The lowest BCUT2D eigenvalue weighted by atomic mass is 10.1. The highest BCUT2D eigenvalue weighted by atomic mass is 32.1. The van der Waals surface area contributed by atoms with E-state index in [1.54, 1.807) is 0 Å². The molecule has 2 heterocycles. The molecule has 0 atom stereocenters. The smallest absolute Gasteiger partial charge is 0.396 e. The molecule has 3 rings (SSSR count). The first kappa shape index (κ1) is 11.9. The monoisotopic (exact) mass is 264 g/mol. The van der Waals surface area contributed by atoms with Crippen LogP contribution in [0.25, 0.3) is 10.3 Å². The van der Waals surface area contributed by atoms with Gasteiger partial charge in [-0.25, -0.2) is 4.79 Å². The van der Waals surface area contributed by atoms with Crippen LogP contribution < -0.4 is 10.3 Å². The number of hydrogen-bond donors (Lipinski definition) is 1. The van der Waals surface area contributed by atoms with Crippen LogP contribution in [-0.2, 0) is 6.42 Å². The van der Waals surface area contributed by atoms with E-state index < -0.39 is 0 Å². The van der Waals surface area contributed by atoms with Crippen LogP contribution in [0.5, 0.6) is 0 Å². The Morgan fingerprint density at radius 1 is 1.33 bits per heavy atom. The van der Waals surface area contributed by atoms with Gasteiger partial charge < -0.3 is 14.6 Å². The van der Waals surface area contributed by atoms with Crippen molar-refractivity contribution in [1.29, 1.82) is 0 Å². The van der Waals surface area contributed by atoms with E-state index in [-0.39, 0.29) is 4.94 Å². The van der Waals surface area contributed by atoms with Gasteiger partial charge in [-0.3, -0.25) is 0 Å². The average Bonchev–Trinajstić information content (AvgIpc) is 2.77. The SMILES string of the molecule is O=c1oc2cc(CCN3CCNCC3)ccc2s1. The lowest BCUT2D eigenvalue weighted by Crippen LogP contribution is -2.44. The van der Waals surface area contributed by atoms with Crippen molar-refractivity contribution < 1.29 is 4.42 Å². The molecule has 96 valence electrons. The van der Waals surface area contributed by atoms with Gasteiger partial charge in [0.15, 0.2) is 0 Å². The number of piperazine rings is 1. The van der Waals surface area contributed by atoms with Crippen LogP contribution in [0.3, 0.4) is 0 Å². The fourth-order valence-electron chi connectivity index (χ4n) is 2.29. The molecule has 1 aliphatic heterocycles. The summed E-state index contributed by atoms with van der Waals surface area (Å²) in [7, 11) is 0. The fourth-order valence-corrected chi connectivity index (χ4v) is 2.94. The van der Waals surface area contributed by atoms with Gasteiger partial charge in [0.05, 0.1) is 4.70 Å². The summed E-state index contributed by atoms with van der Waals surface area (Å²) in [5.74, 6) is 0. The van der Waals surface area contributed by atoms with E-state index in [4.69, 9.17) is 4.42 Å². The van der Waals surface area contributed by atoms with Crippen molar-refractivity contribution in [1.82, 2.24) is 10.2 Å². The first-order valence-corrected chi connectivity index (χ1v) is 7.08. The Labute approximate surface area is 109 Å². The molecule has 1 aromatic carbocycles. The summed E-state index contributed by atoms with van der Waals surface area (Å²) in [5.41, 5.74) is 1.96. The van der Waals surface area contributed by atoms with Crippen LogP contribution in [0.1, 0.15) is 5.56 Å². The number of benzene rings is 1. The van der Waals surface area contributed by atoms with Gasteiger partial charge in [-0.1, -0.05) is 17.4 Å². The summed E-state index contributed by atoms with van der Waals surface area (Å²) in [6.07, 6.45) is 1.01. The van der Waals surface area contributed by atoms with Gasteiger partial charge in [-0.2, -0.15) is 0 Å². The second-order valence-electron chi connectivity index (χ2n) is 4.58. The normalized spacial score (nSPS) is 17.3. The Morgan fingerprint density at radius 3 is 3.00 bits per heavy atom. The van der Waals surface area contributed by atoms with E-state index in [1.165, 1.54) is 16.9 Å². The molecule has 0 spiro atoms. The molecule has 0 unspecified atom stereocenters. The molecule has 0 saturated carbocycles. The van der Waals surface area contributed by atoms with E-state index in [0.717, 1.165) is 49.4 Å². The van der Waals surface area contributed by atoms with Crippen LogP contribution >= 0.6 is 11.3 Å². The zero-order valence-electron chi connectivity index (χ0n) is 10.1. The van der Waals surface area contributed by atoms with Gasteiger partial charge in [0.2, 0.25) is 0 Å². The van der Waals surface area contributed by atoms with Crippen molar-refractivity contribution in [2.75, 3.05) is 32.7 Å². The topological polar surface area (TPSA) is 45.5 Å². The van der Waals surface area contributed by atoms with Crippen LogP contribution in [0.4, 0.5) is 0 Å². The molecule has 18 heavy (non-hydrogen) atoms. The molecule has 0 radical (unpaired) electrons. The summed E-state index contributed by atoms with van der Waals surface area (Å²) < 4.78 is 6.08. The van der Waals surface area contributed by atoms with Crippen LogP contribution in [0.15, 0.2) is 27.4 Å². The Bertz CT molecular complexity index is 584. The van der Waals surface area contributed by atoms with Crippen LogP contribution in [0, 0.1) is 0 Å². The third-order valence-electron chi connectivity index (χ3n) is 3.32. The molecular formula is C13H16N2O2S. The average molecular weight is 264 g/mol. The Hall–Kier alpha value is -1.17. The Morgan fingerprint density at radius 2 is 2.17 bits per heavy atom. The molecule has 0 bridgehead atoms. The van der Waals surface area contributed by atoms with Crippen molar-refractivity contribution in [3.8, 4) is 0 Å². The minimum Gasteiger partial charge on any atom is -0.414 e. The fraction of sp³-hybridized carbons (Fsp3) is 0.462. The number of nitrogens with one attached hydrogen (secondary N) is 1. The van der Waals surface area contributed by atoms with Crippen molar-refractivity contribution in [2.45, 2.75) is 6.42 Å². The maximum atomic E-state index is 11.1. The van der Waals surface area contributed by atoms with Gasteiger partial charge in [-0.05, 0) is 24.1 Å². The predicted octanol–water partition coefficient (Wildman–Crippen LogP) is 1.30. The summed E-state index contributed by atoms with van der Waals surface area (Å²) in [4.78, 5) is 13.4. The first-order chi connectivity index (χ1) is 8.81. The van der Waals surface area contributed by atoms with E-state index in [0.29, 0.717) is 0 Å². The summed E-state index contributed by atoms with van der Waals surface area (Å²) in [6.45, 7) is 5.48. The second kappa shape index (κ2) is 5.22. The molecular weight excluding hydrogens is 248 g/mol. The van der Waals surface area contributed by atoms with Gasteiger partial charge in [-0.15, -0.1) is 0 Å². The van der Waals surface area contributed by atoms with Crippen molar-refractivity contribution in [3.63, 3.8) is 0 Å². The van der Waals surface area contributed by atoms with Crippen molar-refractivity contribution in [3.05, 3.63) is 33.5 Å². The molecule has 1 aliphatic rings. The quantitative estimate of drug-likeness (QED) is 0.907. The van der Waals surface area contributed by atoms with Crippen molar-refractivity contribution in [2.24, 2.45) is 0 Å². The molecule has 5 heteroatoms. The Balaban J connectivity index is 1.68. The molecule has 4 nitrogen and oxygen atoms in total. The highest BCUT2D eigenvalue weighted by molar-refractivity contribution is 7.16. The highest BCUT2D eigenvalue weighted by Crippen LogP contribution is 2.18. The van der Waals surface area contributed by atoms with Gasteiger partial charge in [0.1, 0.15) is 5.58 Å². The van der Waals surface area contributed by atoms with E-state index in [2.05, 4.69) is 16.3 Å². The maximum Gasteiger partial charge on any atom is 0.396 e. The third kappa shape index (κ3) is 2.63. The molecule has 1 saturated heterocycles. The molecule has 0 amide bonds. The van der Waals surface area contributed by atoms with E-state index >= 15 is 0 Å². The Kier molecular flexibility index (Phi) is 3.45. The predicted molar refractivity (Wildman–Crippen MR) is 73.4 cm³/mol. The minimum absolute atomic E-state index is 0.218. The van der Waals surface area contributed by atoms with Gasteiger partial charge in [0, 0.05) is 32.7 Å². The van der Waals surface area contributed by atoms with E-state index in [1.807, 2.05) is 12.1 Å². The number of hydrogen-bond acceptors (Lipinski definition) is 5. The molecule has 1 N–H and O–H groups in total.